The number of amides is 1. The number of hydrogen-bond acceptors (Lipinski definition) is 6. The summed E-state index contributed by atoms with van der Waals surface area (Å²) in [5, 5.41) is 23.8. The van der Waals surface area contributed by atoms with E-state index in [2.05, 4.69) is 5.32 Å². The van der Waals surface area contributed by atoms with E-state index in [1.165, 1.54) is 24.3 Å². The monoisotopic (exact) mass is 490 g/mol. The van der Waals surface area contributed by atoms with Crippen LogP contribution in [0.25, 0.3) is 0 Å². The molecule has 3 aromatic carbocycles. The molecule has 1 amide bonds. The second kappa shape index (κ2) is 12.3. The number of nitro groups is 1. The van der Waals surface area contributed by atoms with Gasteiger partial charge in [-0.1, -0.05) is 72.8 Å². The summed E-state index contributed by atoms with van der Waals surface area (Å²) < 4.78 is 5.02. The minimum absolute atomic E-state index is 0.0972. The van der Waals surface area contributed by atoms with E-state index in [1.807, 2.05) is 12.1 Å². The molecule has 3 aromatic rings. The average Bonchev–Trinajstić information content (AvgIpc) is 2.87. The number of nitrogens with zero attached hydrogens (tertiary/aromatic N) is 1. The largest absolute Gasteiger partial charge is 0.480 e. The van der Waals surface area contributed by atoms with E-state index in [0.29, 0.717) is 16.7 Å². The zero-order valence-corrected chi connectivity index (χ0v) is 19.6. The summed E-state index contributed by atoms with van der Waals surface area (Å²) in [6.07, 6.45) is -0.343. The number of esters is 1. The number of rotatable bonds is 11. The molecule has 2 N–H and O–H groups in total. The zero-order valence-electron chi connectivity index (χ0n) is 19.6. The summed E-state index contributed by atoms with van der Waals surface area (Å²) in [6.45, 7) is 1.72. The highest BCUT2D eigenvalue weighted by molar-refractivity contribution is 5.91. The lowest BCUT2D eigenvalue weighted by Crippen LogP contribution is -2.47. The Kier molecular flexibility index (Phi) is 8.88. The molecule has 186 valence electrons. The van der Waals surface area contributed by atoms with Crippen molar-refractivity contribution >= 4 is 23.5 Å². The summed E-state index contributed by atoms with van der Waals surface area (Å²) >= 11 is 0. The van der Waals surface area contributed by atoms with Crippen LogP contribution in [0.15, 0.2) is 84.9 Å². The Hall–Kier alpha value is -4.53. The number of benzene rings is 3. The third kappa shape index (κ3) is 6.53. The minimum Gasteiger partial charge on any atom is -0.480 e. The Labute approximate surface area is 207 Å². The number of nitro benzene ring substituents is 1. The van der Waals surface area contributed by atoms with Gasteiger partial charge in [0.15, 0.2) is 0 Å². The highest BCUT2D eigenvalue weighted by Gasteiger charge is 2.35. The quantitative estimate of drug-likeness (QED) is 0.235. The van der Waals surface area contributed by atoms with E-state index in [4.69, 9.17) is 4.74 Å². The van der Waals surface area contributed by atoms with Crippen molar-refractivity contribution in [2.24, 2.45) is 0 Å². The number of carbonyl (C=O) groups is 3. The molecule has 9 nitrogen and oxygen atoms in total. The fourth-order valence-corrected chi connectivity index (χ4v) is 4.03. The molecule has 0 aliphatic heterocycles. The van der Waals surface area contributed by atoms with Crippen molar-refractivity contribution in [2.45, 2.75) is 31.2 Å². The maximum atomic E-state index is 13.6. The van der Waals surface area contributed by atoms with Gasteiger partial charge in [-0.15, -0.1) is 0 Å². The van der Waals surface area contributed by atoms with Gasteiger partial charge in [0, 0.05) is 18.1 Å². The second-order valence-corrected chi connectivity index (χ2v) is 8.04. The van der Waals surface area contributed by atoms with Crippen molar-refractivity contribution in [3.63, 3.8) is 0 Å². The third-order valence-corrected chi connectivity index (χ3v) is 5.72. The van der Waals surface area contributed by atoms with Crippen LogP contribution in [0.5, 0.6) is 0 Å². The number of ether oxygens (including phenoxy) is 1. The first kappa shape index (κ1) is 26.1. The highest BCUT2D eigenvalue weighted by atomic mass is 16.6. The van der Waals surface area contributed by atoms with Crippen molar-refractivity contribution < 1.29 is 29.2 Å². The molecule has 36 heavy (non-hydrogen) atoms. The molecule has 0 aliphatic carbocycles. The number of carboxylic acid groups (broad SMARTS) is 1. The first-order valence-corrected chi connectivity index (χ1v) is 11.3. The van der Waals surface area contributed by atoms with Crippen molar-refractivity contribution in [3.8, 4) is 0 Å². The average molecular weight is 491 g/mol. The van der Waals surface area contributed by atoms with E-state index < -0.39 is 40.6 Å². The molecule has 0 aliphatic rings. The Morgan fingerprint density at radius 1 is 0.889 bits per heavy atom. The van der Waals surface area contributed by atoms with Gasteiger partial charge in [-0.25, -0.2) is 4.79 Å². The van der Waals surface area contributed by atoms with E-state index in [1.54, 1.807) is 55.5 Å². The topological polar surface area (TPSA) is 136 Å². The third-order valence-electron chi connectivity index (χ3n) is 5.72. The predicted octanol–water partition coefficient (Wildman–Crippen LogP) is 4.03. The zero-order chi connectivity index (χ0) is 26.1. The van der Waals surface area contributed by atoms with Gasteiger partial charge in [-0.3, -0.25) is 19.7 Å². The predicted molar refractivity (Wildman–Crippen MR) is 131 cm³/mol. The Morgan fingerprint density at radius 3 is 1.86 bits per heavy atom. The summed E-state index contributed by atoms with van der Waals surface area (Å²) in [6, 6.07) is 21.6. The normalized spacial score (nSPS) is 12.4. The molecule has 2 atom stereocenters. The van der Waals surface area contributed by atoms with Gasteiger partial charge in [0.2, 0.25) is 5.91 Å². The van der Waals surface area contributed by atoms with Crippen molar-refractivity contribution in [1.29, 1.82) is 0 Å². The molecule has 0 heterocycles. The summed E-state index contributed by atoms with van der Waals surface area (Å²) in [4.78, 5) is 48.8. The van der Waals surface area contributed by atoms with Gasteiger partial charge in [0.1, 0.15) is 6.04 Å². The Bertz CT molecular complexity index is 1160. The number of aliphatic carboxylic acids is 1. The maximum Gasteiger partial charge on any atom is 0.326 e. The SMILES string of the molecule is CCOC(=O)C[C@H](c1ccc([N+](=O)[O-])cc1)[C@H](NC(=O)C(c1ccccc1)c1ccccc1)C(=O)O. The second-order valence-electron chi connectivity index (χ2n) is 8.04. The van der Waals surface area contributed by atoms with Gasteiger partial charge < -0.3 is 15.2 Å². The molecule has 0 bridgehead atoms. The van der Waals surface area contributed by atoms with E-state index in [-0.39, 0.29) is 18.7 Å². The number of carbonyl (C=O) groups excluding carboxylic acids is 2. The van der Waals surface area contributed by atoms with Crippen LogP contribution in [0.3, 0.4) is 0 Å². The molecule has 0 saturated carbocycles. The number of nitrogens with one attached hydrogen (secondary N) is 1. The van der Waals surface area contributed by atoms with E-state index in [9.17, 15) is 29.6 Å². The van der Waals surface area contributed by atoms with Crippen LogP contribution < -0.4 is 5.32 Å². The van der Waals surface area contributed by atoms with Crippen molar-refractivity contribution in [2.75, 3.05) is 6.61 Å². The lowest BCUT2D eigenvalue weighted by molar-refractivity contribution is -0.384. The van der Waals surface area contributed by atoms with Crippen LogP contribution in [0.4, 0.5) is 5.69 Å². The van der Waals surface area contributed by atoms with Crippen molar-refractivity contribution in [3.05, 3.63) is 112 Å². The standard InChI is InChI=1S/C27H26N2O7/c1-2-36-23(30)17-22(18-13-15-21(16-14-18)29(34)35)25(27(32)33)28-26(31)24(19-9-5-3-6-10-19)20-11-7-4-8-12-20/h3-16,22,24-25H,2,17H2,1H3,(H,28,31)(H,32,33)/t22-,25+/m1/s1. The van der Waals surface area contributed by atoms with E-state index >= 15 is 0 Å². The molecular formula is C27H26N2O7. The minimum atomic E-state index is -1.50. The molecule has 0 spiro atoms. The van der Waals surface area contributed by atoms with Crippen LogP contribution in [0, 0.1) is 10.1 Å². The summed E-state index contributed by atoms with van der Waals surface area (Å²) in [5.41, 5.74) is 1.50. The number of carboxylic acids is 1. The van der Waals surface area contributed by atoms with Gasteiger partial charge in [-0.05, 0) is 23.6 Å². The highest BCUT2D eigenvalue weighted by Crippen LogP contribution is 2.29. The lowest BCUT2D eigenvalue weighted by Gasteiger charge is -2.27. The van der Waals surface area contributed by atoms with Crippen LogP contribution in [-0.2, 0) is 19.1 Å². The first-order chi connectivity index (χ1) is 17.3. The molecule has 0 radical (unpaired) electrons. The van der Waals surface area contributed by atoms with Crippen LogP contribution in [0.2, 0.25) is 0 Å². The van der Waals surface area contributed by atoms with Gasteiger partial charge >= 0.3 is 11.9 Å². The summed E-state index contributed by atoms with van der Waals surface area (Å²) in [5.74, 6) is -4.39. The van der Waals surface area contributed by atoms with Crippen molar-refractivity contribution in [1.82, 2.24) is 5.32 Å². The van der Waals surface area contributed by atoms with Crippen LogP contribution in [-0.4, -0.2) is 40.5 Å². The molecule has 3 rings (SSSR count). The fraction of sp³-hybridized carbons (Fsp3) is 0.222. The van der Waals surface area contributed by atoms with Gasteiger partial charge in [0.05, 0.1) is 23.9 Å². The fourth-order valence-electron chi connectivity index (χ4n) is 4.03. The molecule has 0 unspecified atom stereocenters. The van der Waals surface area contributed by atoms with Gasteiger partial charge in [-0.2, -0.15) is 0 Å². The van der Waals surface area contributed by atoms with E-state index in [0.717, 1.165) is 0 Å². The van der Waals surface area contributed by atoms with Crippen LogP contribution in [0.1, 0.15) is 41.9 Å². The molecule has 0 fully saturated rings. The number of non-ortho nitro benzene ring substituents is 1. The number of hydrogen-bond donors (Lipinski definition) is 2. The molecule has 0 saturated heterocycles. The lowest BCUT2D eigenvalue weighted by atomic mass is 9.86. The smallest absolute Gasteiger partial charge is 0.326 e. The Morgan fingerprint density at radius 2 is 1.42 bits per heavy atom. The Balaban J connectivity index is 1.99. The van der Waals surface area contributed by atoms with Gasteiger partial charge in [0.25, 0.3) is 5.69 Å². The maximum absolute atomic E-state index is 13.6. The van der Waals surface area contributed by atoms with Crippen LogP contribution >= 0.6 is 0 Å². The molecule has 9 heteroatoms. The molecular weight excluding hydrogens is 464 g/mol. The first-order valence-electron chi connectivity index (χ1n) is 11.3. The summed E-state index contributed by atoms with van der Waals surface area (Å²) in [7, 11) is 0. The molecule has 0 aromatic heterocycles.